The maximum Gasteiger partial charge on any atom is 0.287 e. The molecule has 0 aliphatic rings. The van der Waals surface area contributed by atoms with Gasteiger partial charge in [-0.2, -0.15) is 0 Å². The molecule has 0 aliphatic heterocycles. The van der Waals surface area contributed by atoms with E-state index in [1.807, 2.05) is 49.5 Å². The zero-order chi connectivity index (χ0) is 20.9. The summed E-state index contributed by atoms with van der Waals surface area (Å²) in [5.74, 6) is 1.31. The molecule has 2 aromatic carbocycles. The van der Waals surface area contributed by atoms with Crippen LogP contribution in [0.3, 0.4) is 0 Å². The van der Waals surface area contributed by atoms with Gasteiger partial charge in [-0.3, -0.25) is 4.79 Å². The van der Waals surface area contributed by atoms with Crippen LogP contribution in [-0.4, -0.2) is 31.2 Å². The Labute approximate surface area is 174 Å². The van der Waals surface area contributed by atoms with Crippen LogP contribution in [0.15, 0.2) is 71.5 Å². The van der Waals surface area contributed by atoms with Crippen LogP contribution >= 0.6 is 0 Å². The van der Waals surface area contributed by atoms with E-state index >= 15 is 0 Å². The van der Waals surface area contributed by atoms with Crippen molar-refractivity contribution in [2.24, 2.45) is 0 Å². The van der Waals surface area contributed by atoms with Crippen LogP contribution in [0.1, 0.15) is 34.5 Å². The second-order valence-corrected chi connectivity index (χ2v) is 6.87. The summed E-state index contributed by atoms with van der Waals surface area (Å²) in [6.07, 6.45) is 3.49. The monoisotopic (exact) mass is 404 g/mol. The van der Waals surface area contributed by atoms with Crippen molar-refractivity contribution >= 4 is 16.8 Å². The van der Waals surface area contributed by atoms with E-state index in [0.29, 0.717) is 24.7 Å². The van der Waals surface area contributed by atoms with Gasteiger partial charge in [-0.15, -0.1) is 0 Å². The third kappa shape index (κ3) is 3.89. The van der Waals surface area contributed by atoms with Crippen molar-refractivity contribution in [1.82, 2.24) is 10.3 Å². The average Bonchev–Trinajstić information content (AvgIpc) is 3.45. The molecule has 0 fully saturated rings. The van der Waals surface area contributed by atoms with Gasteiger partial charge in [-0.1, -0.05) is 24.3 Å². The molecule has 6 nitrogen and oxygen atoms in total. The fraction of sp³-hybridized carbons (Fsp3) is 0.208. The molecule has 2 N–H and O–H groups in total. The number of rotatable bonds is 8. The number of nitrogens with one attached hydrogen (secondary N) is 2. The standard InChI is InChI=1S/C24H24N2O4/c1-3-29-21-11-10-16(13-23(21)28-2)18(14-26-24(27)22-9-6-12-30-22)19-15-25-20-8-5-4-7-17(19)20/h4-13,15,18,25H,3,14H2,1-2H3,(H,26,27)/t18-/m0/s1. The Bertz CT molecular complexity index is 1130. The summed E-state index contributed by atoms with van der Waals surface area (Å²) >= 11 is 0. The second kappa shape index (κ2) is 8.78. The second-order valence-electron chi connectivity index (χ2n) is 6.87. The number of carbonyl (C=O) groups is 1. The lowest BCUT2D eigenvalue weighted by atomic mass is 9.90. The number of aromatic nitrogens is 1. The molecule has 0 bridgehead atoms. The molecule has 1 atom stereocenters. The summed E-state index contributed by atoms with van der Waals surface area (Å²) in [6.45, 7) is 2.89. The molecule has 0 saturated heterocycles. The van der Waals surface area contributed by atoms with E-state index in [4.69, 9.17) is 13.9 Å². The lowest BCUT2D eigenvalue weighted by Gasteiger charge is -2.20. The van der Waals surface area contributed by atoms with Crippen molar-refractivity contribution < 1.29 is 18.7 Å². The summed E-state index contributed by atoms with van der Waals surface area (Å²) in [5.41, 5.74) is 3.16. The molecule has 154 valence electrons. The predicted molar refractivity (Wildman–Crippen MR) is 115 cm³/mol. The number of methoxy groups -OCH3 is 1. The van der Waals surface area contributed by atoms with Gasteiger partial charge in [-0.05, 0) is 48.4 Å². The largest absolute Gasteiger partial charge is 0.493 e. The van der Waals surface area contributed by atoms with Crippen LogP contribution in [-0.2, 0) is 0 Å². The third-order valence-electron chi connectivity index (χ3n) is 5.10. The normalized spacial score (nSPS) is 11.9. The Kier molecular flexibility index (Phi) is 5.75. The molecule has 4 aromatic rings. The highest BCUT2D eigenvalue weighted by Crippen LogP contribution is 2.35. The SMILES string of the molecule is CCOc1ccc([C@H](CNC(=O)c2ccco2)c2c[nH]c3ccccc23)cc1OC. The first-order chi connectivity index (χ1) is 14.7. The topological polar surface area (TPSA) is 76.5 Å². The quantitative estimate of drug-likeness (QED) is 0.445. The van der Waals surface area contributed by atoms with Crippen molar-refractivity contribution in [1.29, 1.82) is 0 Å². The molecule has 1 amide bonds. The van der Waals surface area contributed by atoms with E-state index in [0.717, 1.165) is 22.0 Å². The predicted octanol–water partition coefficient (Wildman–Crippen LogP) is 4.73. The molecule has 0 saturated carbocycles. The summed E-state index contributed by atoms with van der Waals surface area (Å²) in [4.78, 5) is 15.8. The average molecular weight is 404 g/mol. The molecule has 4 rings (SSSR count). The van der Waals surface area contributed by atoms with E-state index in [-0.39, 0.29) is 17.6 Å². The summed E-state index contributed by atoms with van der Waals surface area (Å²) in [6, 6.07) is 17.4. The molecular weight excluding hydrogens is 380 g/mol. The smallest absolute Gasteiger partial charge is 0.287 e. The molecular formula is C24H24N2O4. The van der Waals surface area contributed by atoms with Crippen LogP contribution in [0.5, 0.6) is 11.5 Å². The first kappa shape index (κ1) is 19.6. The van der Waals surface area contributed by atoms with Gasteiger partial charge in [0.15, 0.2) is 17.3 Å². The lowest BCUT2D eigenvalue weighted by Crippen LogP contribution is -2.28. The molecule has 0 aliphatic carbocycles. The fourth-order valence-electron chi connectivity index (χ4n) is 3.65. The van der Waals surface area contributed by atoms with Crippen LogP contribution in [0.2, 0.25) is 0 Å². The van der Waals surface area contributed by atoms with Crippen LogP contribution < -0.4 is 14.8 Å². The molecule has 2 aromatic heterocycles. The van der Waals surface area contributed by atoms with E-state index in [2.05, 4.69) is 16.4 Å². The van der Waals surface area contributed by atoms with Gasteiger partial charge in [0, 0.05) is 29.6 Å². The summed E-state index contributed by atoms with van der Waals surface area (Å²) in [7, 11) is 1.63. The summed E-state index contributed by atoms with van der Waals surface area (Å²) < 4.78 is 16.4. The third-order valence-corrected chi connectivity index (χ3v) is 5.10. The van der Waals surface area contributed by atoms with Gasteiger partial charge in [0.25, 0.3) is 5.91 Å². The molecule has 0 unspecified atom stereocenters. The molecule has 6 heteroatoms. The van der Waals surface area contributed by atoms with Crippen LogP contribution in [0, 0.1) is 0 Å². The summed E-state index contributed by atoms with van der Waals surface area (Å²) in [5, 5.41) is 4.11. The number of fused-ring (bicyclic) bond motifs is 1. The minimum absolute atomic E-state index is 0.0929. The van der Waals surface area contributed by atoms with Gasteiger partial charge < -0.3 is 24.2 Å². The molecule has 30 heavy (non-hydrogen) atoms. The highest BCUT2D eigenvalue weighted by molar-refractivity contribution is 5.91. The number of benzene rings is 2. The van der Waals surface area contributed by atoms with Crippen molar-refractivity contribution in [3.8, 4) is 11.5 Å². The first-order valence-electron chi connectivity index (χ1n) is 9.89. The van der Waals surface area contributed by atoms with Gasteiger partial charge in [-0.25, -0.2) is 0 Å². The highest BCUT2D eigenvalue weighted by Gasteiger charge is 2.21. The van der Waals surface area contributed by atoms with Crippen molar-refractivity contribution in [3.63, 3.8) is 0 Å². The molecule has 2 heterocycles. The maximum absolute atomic E-state index is 12.5. The number of furan rings is 1. The number of hydrogen-bond donors (Lipinski definition) is 2. The molecule has 0 radical (unpaired) electrons. The number of para-hydroxylation sites is 1. The lowest BCUT2D eigenvalue weighted by molar-refractivity contribution is 0.0925. The number of hydrogen-bond acceptors (Lipinski definition) is 4. The Morgan fingerprint density at radius 1 is 1.13 bits per heavy atom. The fourth-order valence-corrected chi connectivity index (χ4v) is 3.65. The van der Waals surface area contributed by atoms with E-state index < -0.39 is 0 Å². The van der Waals surface area contributed by atoms with Crippen molar-refractivity contribution in [3.05, 3.63) is 83.9 Å². The van der Waals surface area contributed by atoms with Crippen molar-refractivity contribution in [2.45, 2.75) is 12.8 Å². The number of amides is 1. The number of ether oxygens (including phenoxy) is 2. The van der Waals surface area contributed by atoms with E-state index in [1.54, 1.807) is 19.2 Å². The van der Waals surface area contributed by atoms with E-state index in [1.165, 1.54) is 6.26 Å². The number of aromatic amines is 1. The van der Waals surface area contributed by atoms with E-state index in [9.17, 15) is 4.79 Å². The highest BCUT2D eigenvalue weighted by atomic mass is 16.5. The minimum Gasteiger partial charge on any atom is -0.493 e. The Hall–Kier alpha value is -3.67. The van der Waals surface area contributed by atoms with Gasteiger partial charge in [0.1, 0.15) is 0 Å². The Morgan fingerprint density at radius 3 is 2.77 bits per heavy atom. The van der Waals surface area contributed by atoms with Gasteiger partial charge >= 0.3 is 0 Å². The Balaban J connectivity index is 1.71. The number of carbonyl (C=O) groups excluding carboxylic acids is 1. The minimum atomic E-state index is -0.247. The first-order valence-corrected chi connectivity index (χ1v) is 9.89. The zero-order valence-corrected chi connectivity index (χ0v) is 17.0. The van der Waals surface area contributed by atoms with Crippen molar-refractivity contribution in [2.75, 3.05) is 20.3 Å². The number of H-pyrrole nitrogens is 1. The van der Waals surface area contributed by atoms with Crippen LogP contribution in [0.4, 0.5) is 0 Å². The molecule has 0 spiro atoms. The van der Waals surface area contributed by atoms with Gasteiger partial charge in [0.2, 0.25) is 0 Å². The van der Waals surface area contributed by atoms with Crippen LogP contribution in [0.25, 0.3) is 10.9 Å². The maximum atomic E-state index is 12.5. The van der Waals surface area contributed by atoms with Gasteiger partial charge in [0.05, 0.1) is 20.0 Å². The Morgan fingerprint density at radius 2 is 2.00 bits per heavy atom. The zero-order valence-electron chi connectivity index (χ0n) is 17.0.